The number of unbranched alkanes of at least 4 members (excludes halogenated alkanes) is 17. The van der Waals surface area contributed by atoms with E-state index in [4.69, 9.17) is 14.2 Å². The highest BCUT2D eigenvalue weighted by atomic mass is 16.6. The molecule has 66 heavy (non-hydrogen) atoms. The Hall–Kier alpha value is -3.70. The third kappa shape index (κ3) is 52.9. The van der Waals surface area contributed by atoms with Gasteiger partial charge < -0.3 is 14.2 Å². The minimum Gasteiger partial charge on any atom is -0.462 e. The second kappa shape index (κ2) is 55.6. The number of esters is 2. The maximum atomic E-state index is 12.8. The molecule has 0 radical (unpaired) electrons. The number of hydrogen-bond donors (Lipinski definition) is 0. The van der Waals surface area contributed by atoms with Crippen molar-refractivity contribution in [2.75, 3.05) is 19.8 Å². The van der Waals surface area contributed by atoms with E-state index in [1.165, 1.54) is 51.4 Å². The van der Waals surface area contributed by atoms with Gasteiger partial charge >= 0.3 is 11.9 Å². The van der Waals surface area contributed by atoms with Crippen molar-refractivity contribution in [2.24, 2.45) is 0 Å². The molecule has 0 saturated carbocycles. The van der Waals surface area contributed by atoms with Gasteiger partial charge in [-0.2, -0.15) is 0 Å². The molecule has 374 valence electrons. The van der Waals surface area contributed by atoms with Crippen LogP contribution >= 0.6 is 0 Å². The summed E-state index contributed by atoms with van der Waals surface area (Å²) in [7, 11) is 0. The molecule has 0 bridgehead atoms. The van der Waals surface area contributed by atoms with Gasteiger partial charge in [0.15, 0.2) is 6.10 Å². The molecule has 0 fully saturated rings. The summed E-state index contributed by atoms with van der Waals surface area (Å²) in [6.45, 7) is 7.46. The topological polar surface area (TPSA) is 61.8 Å². The summed E-state index contributed by atoms with van der Waals surface area (Å²) in [6, 6.07) is 0. The third-order valence-corrected chi connectivity index (χ3v) is 11.0. The largest absolute Gasteiger partial charge is 0.462 e. The molecule has 0 N–H and O–H groups in total. The first-order valence-corrected chi connectivity index (χ1v) is 27.1. The molecule has 0 aliphatic heterocycles. The molecule has 5 nitrogen and oxygen atoms in total. The Labute approximate surface area is 407 Å². The van der Waals surface area contributed by atoms with E-state index >= 15 is 0 Å². The summed E-state index contributed by atoms with van der Waals surface area (Å²) in [4.78, 5) is 25.5. The number of hydrogen-bond acceptors (Lipinski definition) is 5. The second-order valence-electron chi connectivity index (χ2n) is 17.4. The molecule has 0 aromatic heterocycles. The summed E-state index contributed by atoms with van der Waals surface area (Å²) < 4.78 is 17.4. The van der Waals surface area contributed by atoms with Crippen molar-refractivity contribution >= 4 is 11.9 Å². The van der Waals surface area contributed by atoms with Gasteiger partial charge in [-0.05, 0) is 128 Å². The van der Waals surface area contributed by atoms with E-state index in [9.17, 15) is 9.59 Å². The van der Waals surface area contributed by atoms with Crippen LogP contribution in [0.15, 0.2) is 122 Å². The molecule has 0 aromatic rings. The number of rotatable bonds is 48. The van der Waals surface area contributed by atoms with Gasteiger partial charge in [-0.1, -0.05) is 206 Å². The van der Waals surface area contributed by atoms with Crippen LogP contribution < -0.4 is 0 Å². The monoisotopic (exact) mass is 913 g/mol. The zero-order valence-electron chi connectivity index (χ0n) is 42.9. The molecule has 0 aromatic carbocycles. The Morgan fingerprint density at radius 1 is 0.348 bits per heavy atom. The van der Waals surface area contributed by atoms with Crippen LogP contribution in [-0.4, -0.2) is 37.9 Å². The van der Waals surface area contributed by atoms with Crippen molar-refractivity contribution < 1.29 is 23.8 Å². The minimum atomic E-state index is -0.576. The highest BCUT2D eigenvalue weighted by Gasteiger charge is 2.17. The highest BCUT2D eigenvalue weighted by molar-refractivity contribution is 5.70. The average molecular weight is 913 g/mol. The fraction of sp³-hybridized carbons (Fsp3) is 0.639. The zero-order valence-corrected chi connectivity index (χ0v) is 42.9. The van der Waals surface area contributed by atoms with E-state index in [1.54, 1.807) is 0 Å². The Kier molecular flexibility index (Phi) is 52.5. The second-order valence-corrected chi connectivity index (χ2v) is 17.4. The quantitative estimate of drug-likeness (QED) is 0.0346. The SMILES string of the molecule is CC/C=C\C/C=C\C/C=C\C/C=C\CCCCCCC(=O)OCC(COCCCCC/C=C\C/C=C\C/C=C\C/C=C\CC)OC(=O)CCCCCCCCC/C=C\C/C=C\CCCCC. The lowest BCUT2D eigenvalue weighted by atomic mass is 10.1. The van der Waals surface area contributed by atoms with Gasteiger partial charge in [-0.15, -0.1) is 0 Å². The highest BCUT2D eigenvalue weighted by Crippen LogP contribution is 2.13. The van der Waals surface area contributed by atoms with Crippen molar-refractivity contribution in [1.82, 2.24) is 0 Å². The smallest absolute Gasteiger partial charge is 0.306 e. The van der Waals surface area contributed by atoms with Crippen LogP contribution in [0.4, 0.5) is 0 Å². The summed E-state index contributed by atoms with van der Waals surface area (Å²) >= 11 is 0. The van der Waals surface area contributed by atoms with Crippen LogP contribution in [0.5, 0.6) is 0 Å². The minimum absolute atomic E-state index is 0.0488. The van der Waals surface area contributed by atoms with E-state index in [0.717, 1.165) is 141 Å². The molecule has 0 spiro atoms. The first-order valence-electron chi connectivity index (χ1n) is 27.1. The first kappa shape index (κ1) is 62.3. The number of carbonyl (C=O) groups is 2. The predicted octanol–water partition coefficient (Wildman–Crippen LogP) is 18.6. The molecule has 0 aliphatic rings. The predicted molar refractivity (Wildman–Crippen MR) is 288 cm³/mol. The molecular formula is C61H100O5. The Morgan fingerprint density at radius 2 is 0.682 bits per heavy atom. The fourth-order valence-electron chi connectivity index (χ4n) is 6.99. The third-order valence-electron chi connectivity index (χ3n) is 11.0. The van der Waals surface area contributed by atoms with Crippen molar-refractivity contribution in [1.29, 1.82) is 0 Å². The van der Waals surface area contributed by atoms with Crippen LogP contribution in [0.1, 0.15) is 226 Å². The van der Waals surface area contributed by atoms with E-state index < -0.39 is 6.10 Å². The average Bonchev–Trinajstić information content (AvgIpc) is 3.32. The van der Waals surface area contributed by atoms with Crippen molar-refractivity contribution in [3.8, 4) is 0 Å². The standard InChI is InChI=1S/C61H100O5/c1-4-7-10-13-16-19-22-25-28-31-33-36-39-42-45-48-51-54-60(62)65-58-59(57-64-56-53-50-47-44-41-38-35-30-27-24-21-18-15-12-9-6-3)66-61(63)55-52-49-46-43-40-37-34-32-29-26-23-20-17-14-11-8-5-2/h7,9-10,12,16-21,25-30,33,36,38,41,59H,4-6,8,11,13-15,22-24,31-32,34-35,37,39-40,42-58H2,1-3H3/b10-7-,12-9-,19-16-,20-17-,21-18-,28-25-,29-26-,30-27-,36-33-,41-38-. The zero-order chi connectivity index (χ0) is 47.7. The van der Waals surface area contributed by atoms with Crippen LogP contribution in [0.2, 0.25) is 0 Å². The van der Waals surface area contributed by atoms with Crippen LogP contribution in [0.25, 0.3) is 0 Å². The molecule has 0 aliphatic carbocycles. The number of carbonyl (C=O) groups excluding carboxylic acids is 2. The normalized spacial score (nSPS) is 13.2. The molecule has 0 amide bonds. The van der Waals surface area contributed by atoms with Gasteiger partial charge in [0, 0.05) is 19.4 Å². The van der Waals surface area contributed by atoms with Gasteiger partial charge in [0.05, 0.1) is 6.61 Å². The van der Waals surface area contributed by atoms with Crippen molar-refractivity contribution in [3.63, 3.8) is 0 Å². The van der Waals surface area contributed by atoms with E-state index in [1.807, 2.05) is 0 Å². The van der Waals surface area contributed by atoms with Crippen LogP contribution in [-0.2, 0) is 23.8 Å². The molecule has 1 unspecified atom stereocenters. The molecule has 0 rings (SSSR count). The molecule has 0 heterocycles. The van der Waals surface area contributed by atoms with Gasteiger partial charge in [-0.3, -0.25) is 9.59 Å². The molecular weight excluding hydrogens is 813 g/mol. The lowest BCUT2D eigenvalue weighted by Crippen LogP contribution is -2.30. The number of allylic oxidation sites excluding steroid dienone is 20. The van der Waals surface area contributed by atoms with Crippen LogP contribution in [0.3, 0.4) is 0 Å². The Bertz CT molecular complexity index is 1350. The summed E-state index contributed by atoms with van der Waals surface area (Å²) in [5.41, 5.74) is 0. The van der Waals surface area contributed by atoms with E-state index in [-0.39, 0.29) is 25.2 Å². The Balaban J connectivity index is 4.42. The van der Waals surface area contributed by atoms with E-state index in [0.29, 0.717) is 19.4 Å². The maximum absolute atomic E-state index is 12.8. The van der Waals surface area contributed by atoms with E-state index in [2.05, 4.69) is 142 Å². The Morgan fingerprint density at radius 3 is 1.09 bits per heavy atom. The molecule has 1 atom stereocenters. The van der Waals surface area contributed by atoms with Crippen molar-refractivity contribution in [2.45, 2.75) is 232 Å². The molecule has 5 heteroatoms. The summed E-state index contributed by atoms with van der Waals surface area (Å²) in [5, 5.41) is 0. The number of ether oxygens (including phenoxy) is 3. The summed E-state index contributed by atoms with van der Waals surface area (Å²) in [5.74, 6) is -0.458. The van der Waals surface area contributed by atoms with Crippen LogP contribution in [0, 0.1) is 0 Å². The van der Waals surface area contributed by atoms with Gasteiger partial charge in [0.25, 0.3) is 0 Å². The lowest BCUT2D eigenvalue weighted by molar-refractivity contribution is -0.163. The van der Waals surface area contributed by atoms with Gasteiger partial charge in [-0.25, -0.2) is 0 Å². The lowest BCUT2D eigenvalue weighted by Gasteiger charge is -2.18. The summed E-state index contributed by atoms with van der Waals surface area (Å²) in [6.07, 6.45) is 77.8. The van der Waals surface area contributed by atoms with Gasteiger partial charge in [0.2, 0.25) is 0 Å². The fourth-order valence-corrected chi connectivity index (χ4v) is 6.99. The maximum Gasteiger partial charge on any atom is 0.306 e. The first-order chi connectivity index (χ1) is 32.6. The van der Waals surface area contributed by atoms with Gasteiger partial charge in [0.1, 0.15) is 6.61 Å². The van der Waals surface area contributed by atoms with Crippen molar-refractivity contribution in [3.05, 3.63) is 122 Å². The molecule has 0 saturated heterocycles.